The van der Waals surface area contributed by atoms with Crippen LogP contribution in [-0.4, -0.2) is 0 Å². The largest absolute Gasteiger partial charge is 0.0654 e. The van der Waals surface area contributed by atoms with Crippen LogP contribution in [0.2, 0.25) is 0 Å². The summed E-state index contributed by atoms with van der Waals surface area (Å²) in [6.45, 7) is 4.62. The van der Waals surface area contributed by atoms with Crippen molar-refractivity contribution in [3.63, 3.8) is 0 Å². The summed E-state index contributed by atoms with van der Waals surface area (Å²) in [5.41, 5.74) is 1.57. The van der Waals surface area contributed by atoms with E-state index in [2.05, 4.69) is 44.2 Å². The summed E-state index contributed by atoms with van der Waals surface area (Å²) in [5.74, 6) is 0.795. The third-order valence-corrected chi connectivity index (χ3v) is 6.33. The third kappa shape index (κ3) is 14.3. The lowest BCUT2D eigenvalue weighted by molar-refractivity contribution is 0.494. The maximum Gasteiger partial charge on any atom is -0.0162 e. The molecule has 0 fully saturated rings. The molecule has 0 amide bonds. The second-order valence-electron chi connectivity index (χ2n) is 8.99. The summed E-state index contributed by atoms with van der Waals surface area (Å²) >= 11 is 0. The van der Waals surface area contributed by atoms with Crippen LogP contribution in [0.5, 0.6) is 0 Å². The fraction of sp³-hybridized carbons (Fsp3) is 0.786. The van der Waals surface area contributed by atoms with Crippen molar-refractivity contribution in [3.05, 3.63) is 35.9 Å². The minimum Gasteiger partial charge on any atom is -0.0654 e. The molecular weight excluding hydrogens is 336 g/mol. The van der Waals surface area contributed by atoms with Gasteiger partial charge in [-0.3, -0.25) is 0 Å². The standard InChI is InChI=1S/C28H50/c1-3-5-7-8-9-10-11-12-13-14-15-16-17-18-20-24-27(23-6-4-2)28-25-21-19-22-26-28/h19,21-22,25-27H,3-18,20,23-24H2,1-2H3. The smallest absolute Gasteiger partial charge is 0.0162 e. The average molecular weight is 387 g/mol. The van der Waals surface area contributed by atoms with Crippen molar-refractivity contribution in [3.8, 4) is 0 Å². The Morgan fingerprint density at radius 1 is 0.464 bits per heavy atom. The van der Waals surface area contributed by atoms with E-state index in [1.54, 1.807) is 5.56 Å². The predicted molar refractivity (Wildman–Crippen MR) is 128 cm³/mol. The molecule has 28 heavy (non-hydrogen) atoms. The van der Waals surface area contributed by atoms with Gasteiger partial charge in [0.25, 0.3) is 0 Å². The quantitative estimate of drug-likeness (QED) is 0.195. The lowest BCUT2D eigenvalue weighted by Crippen LogP contribution is -1.99. The van der Waals surface area contributed by atoms with E-state index in [-0.39, 0.29) is 0 Å². The fourth-order valence-electron chi connectivity index (χ4n) is 4.42. The molecule has 0 nitrogen and oxygen atoms in total. The third-order valence-electron chi connectivity index (χ3n) is 6.33. The molecule has 0 aliphatic rings. The molecule has 162 valence electrons. The highest BCUT2D eigenvalue weighted by Crippen LogP contribution is 2.28. The van der Waals surface area contributed by atoms with Crippen LogP contribution in [0, 0.1) is 0 Å². The van der Waals surface area contributed by atoms with E-state index in [9.17, 15) is 0 Å². The van der Waals surface area contributed by atoms with Crippen molar-refractivity contribution >= 4 is 0 Å². The number of hydrogen-bond acceptors (Lipinski definition) is 0. The molecule has 0 aliphatic heterocycles. The first kappa shape index (κ1) is 25.3. The van der Waals surface area contributed by atoms with Crippen LogP contribution in [0.25, 0.3) is 0 Å². The molecule has 0 aromatic heterocycles. The molecule has 0 saturated carbocycles. The second-order valence-corrected chi connectivity index (χ2v) is 8.99. The number of rotatable bonds is 20. The van der Waals surface area contributed by atoms with Gasteiger partial charge in [-0.15, -0.1) is 0 Å². The van der Waals surface area contributed by atoms with Gasteiger partial charge in [0.15, 0.2) is 0 Å². The molecule has 0 bridgehead atoms. The first-order chi connectivity index (χ1) is 13.9. The van der Waals surface area contributed by atoms with Crippen molar-refractivity contribution < 1.29 is 0 Å². The summed E-state index contributed by atoms with van der Waals surface area (Å²) < 4.78 is 0. The van der Waals surface area contributed by atoms with E-state index in [1.807, 2.05) is 0 Å². The molecule has 1 unspecified atom stereocenters. The van der Waals surface area contributed by atoms with Gasteiger partial charge in [-0.05, 0) is 24.3 Å². The maximum atomic E-state index is 2.34. The lowest BCUT2D eigenvalue weighted by Gasteiger charge is -2.17. The Hall–Kier alpha value is -0.780. The average Bonchev–Trinajstić information content (AvgIpc) is 2.73. The van der Waals surface area contributed by atoms with E-state index in [0.29, 0.717) is 0 Å². The second kappa shape index (κ2) is 19.5. The van der Waals surface area contributed by atoms with E-state index >= 15 is 0 Å². The molecule has 0 heteroatoms. The van der Waals surface area contributed by atoms with Gasteiger partial charge in [-0.25, -0.2) is 0 Å². The van der Waals surface area contributed by atoms with Gasteiger partial charge >= 0.3 is 0 Å². The summed E-state index contributed by atoms with van der Waals surface area (Å²) in [4.78, 5) is 0. The molecule has 0 heterocycles. The van der Waals surface area contributed by atoms with E-state index in [4.69, 9.17) is 0 Å². The molecule has 0 N–H and O–H groups in total. The SMILES string of the molecule is CCCCCCCCCCCCCCCCCC(CCCC)c1ccccc1. The van der Waals surface area contributed by atoms with Crippen molar-refractivity contribution in [2.24, 2.45) is 0 Å². The molecule has 0 aliphatic carbocycles. The highest BCUT2D eigenvalue weighted by molar-refractivity contribution is 5.19. The van der Waals surface area contributed by atoms with Crippen molar-refractivity contribution in [2.45, 2.75) is 142 Å². The Morgan fingerprint density at radius 2 is 0.857 bits per heavy atom. The van der Waals surface area contributed by atoms with Crippen LogP contribution in [0.1, 0.15) is 147 Å². The minimum atomic E-state index is 0.795. The molecule has 0 spiro atoms. The van der Waals surface area contributed by atoms with Gasteiger partial charge in [0, 0.05) is 0 Å². The van der Waals surface area contributed by atoms with Gasteiger partial charge in [-0.1, -0.05) is 153 Å². The normalized spacial score (nSPS) is 12.4. The Balaban J connectivity index is 1.92. The monoisotopic (exact) mass is 386 g/mol. The van der Waals surface area contributed by atoms with Crippen LogP contribution in [-0.2, 0) is 0 Å². The molecule has 0 radical (unpaired) electrons. The minimum absolute atomic E-state index is 0.795. The molecular formula is C28H50. The number of hydrogen-bond donors (Lipinski definition) is 0. The van der Waals surface area contributed by atoms with Crippen LogP contribution in [0.4, 0.5) is 0 Å². The number of unbranched alkanes of at least 4 members (excludes halogenated alkanes) is 15. The Kier molecular flexibility index (Phi) is 17.6. The topological polar surface area (TPSA) is 0 Å². The van der Waals surface area contributed by atoms with E-state index < -0.39 is 0 Å². The molecule has 1 aromatic rings. The lowest BCUT2D eigenvalue weighted by atomic mass is 9.88. The van der Waals surface area contributed by atoms with E-state index in [0.717, 1.165) is 5.92 Å². The zero-order chi connectivity index (χ0) is 20.1. The van der Waals surface area contributed by atoms with Gasteiger partial charge in [-0.2, -0.15) is 0 Å². The molecule has 1 atom stereocenters. The van der Waals surface area contributed by atoms with Crippen molar-refractivity contribution in [1.82, 2.24) is 0 Å². The van der Waals surface area contributed by atoms with Gasteiger partial charge < -0.3 is 0 Å². The first-order valence-corrected chi connectivity index (χ1v) is 12.9. The fourth-order valence-corrected chi connectivity index (χ4v) is 4.42. The van der Waals surface area contributed by atoms with Gasteiger partial charge in [0.2, 0.25) is 0 Å². The van der Waals surface area contributed by atoms with Gasteiger partial charge in [0.1, 0.15) is 0 Å². The van der Waals surface area contributed by atoms with Crippen LogP contribution >= 0.6 is 0 Å². The molecule has 1 rings (SSSR count). The Morgan fingerprint density at radius 3 is 1.32 bits per heavy atom. The first-order valence-electron chi connectivity index (χ1n) is 12.9. The van der Waals surface area contributed by atoms with Crippen LogP contribution < -0.4 is 0 Å². The summed E-state index contributed by atoms with van der Waals surface area (Å²) in [6.07, 6.45) is 27.3. The number of benzene rings is 1. The highest BCUT2D eigenvalue weighted by atomic mass is 14.1. The van der Waals surface area contributed by atoms with Crippen molar-refractivity contribution in [2.75, 3.05) is 0 Å². The predicted octanol–water partition coefficient (Wildman–Crippen LogP) is 10.2. The van der Waals surface area contributed by atoms with E-state index in [1.165, 1.54) is 122 Å². The highest BCUT2D eigenvalue weighted by Gasteiger charge is 2.10. The Bertz CT molecular complexity index is 407. The summed E-state index contributed by atoms with van der Waals surface area (Å²) in [6, 6.07) is 11.2. The van der Waals surface area contributed by atoms with Gasteiger partial charge in [0.05, 0.1) is 0 Å². The van der Waals surface area contributed by atoms with Crippen molar-refractivity contribution in [1.29, 1.82) is 0 Å². The zero-order valence-electron chi connectivity index (χ0n) is 19.4. The Labute approximate surface area is 177 Å². The molecule has 1 aromatic carbocycles. The maximum absolute atomic E-state index is 2.34. The van der Waals surface area contributed by atoms with Crippen LogP contribution in [0.15, 0.2) is 30.3 Å². The molecule has 0 saturated heterocycles. The zero-order valence-corrected chi connectivity index (χ0v) is 19.4. The summed E-state index contributed by atoms with van der Waals surface area (Å²) in [5, 5.41) is 0. The van der Waals surface area contributed by atoms with Crippen LogP contribution in [0.3, 0.4) is 0 Å². The summed E-state index contributed by atoms with van der Waals surface area (Å²) in [7, 11) is 0.